The molecule has 104 valence electrons. The average Bonchev–Trinajstić information content (AvgIpc) is 2.43. The van der Waals surface area contributed by atoms with E-state index in [1.807, 2.05) is 35.2 Å². The first-order chi connectivity index (χ1) is 9.27. The molecule has 0 radical (unpaired) electrons. The van der Waals surface area contributed by atoms with E-state index in [1.54, 1.807) is 0 Å². The molecule has 0 aliphatic carbocycles. The summed E-state index contributed by atoms with van der Waals surface area (Å²) < 4.78 is 0. The molecule has 1 fully saturated rings. The number of aliphatic hydroxyl groups is 1. The van der Waals surface area contributed by atoms with Crippen molar-refractivity contribution < 1.29 is 9.90 Å². The van der Waals surface area contributed by atoms with Crippen LogP contribution in [0.15, 0.2) is 30.3 Å². The largest absolute Gasteiger partial charge is 0.388 e. The predicted octanol–water partition coefficient (Wildman–Crippen LogP) is 2.90. The molecule has 0 saturated carbocycles. The molecule has 19 heavy (non-hydrogen) atoms. The third-order valence-corrected chi connectivity index (χ3v) is 3.78. The minimum absolute atomic E-state index is 0.250. The van der Waals surface area contributed by atoms with Gasteiger partial charge in [-0.2, -0.15) is 0 Å². The van der Waals surface area contributed by atoms with Gasteiger partial charge in [0, 0.05) is 19.5 Å². The van der Waals surface area contributed by atoms with Crippen molar-refractivity contribution in [3.8, 4) is 0 Å². The van der Waals surface area contributed by atoms with Gasteiger partial charge in [0.25, 0.3) is 0 Å². The van der Waals surface area contributed by atoms with E-state index in [0.717, 1.165) is 24.9 Å². The molecule has 1 aliphatic rings. The maximum Gasteiger partial charge on any atom is 0.222 e. The highest BCUT2D eigenvalue weighted by molar-refractivity contribution is 5.76. The van der Waals surface area contributed by atoms with Crippen molar-refractivity contribution in [1.82, 2.24) is 4.90 Å². The van der Waals surface area contributed by atoms with Crippen molar-refractivity contribution in [2.45, 2.75) is 44.6 Å². The number of nitrogens with zero attached hydrogens (tertiary/aromatic N) is 1. The Kier molecular flexibility index (Phi) is 5.40. The van der Waals surface area contributed by atoms with Gasteiger partial charge in [-0.25, -0.2) is 0 Å². The summed E-state index contributed by atoms with van der Waals surface area (Å²) >= 11 is 0. The minimum atomic E-state index is -0.473. The minimum Gasteiger partial charge on any atom is -0.388 e. The van der Waals surface area contributed by atoms with Crippen molar-refractivity contribution >= 4 is 5.91 Å². The highest BCUT2D eigenvalue weighted by Gasteiger charge is 2.17. The Labute approximate surface area is 115 Å². The molecule has 1 aromatic carbocycles. The topological polar surface area (TPSA) is 40.5 Å². The summed E-state index contributed by atoms with van der Waals surface area (Å²) in [6.45, 7) is 1.51. The molecule has 2 rings (SSSR count). The van der Waals surface area contributed by atoms with Crippen molar-refractivity contribution in [3.05, 3.63) is 35.9 Å². The van der Waals surface area contributed by atoms with Crippen LogP contribution < -0.4 is 0 Å². The second-order valence-electron chi connectivity index (χ2n) is 5.26. The molecule has 1 atom stereocenters. The van der Waals surface area contributed by atoms with E-state index in [4.69, 9.17) is 0 Å². The van der Waals surface area contributed by atoms with E-state index < -0.39 is 6.10 Å². The van der Waals surface area contributed by atoms with E-state index in [0.29, 0.717) is 19.4 Å². The van der Waals surface area contributed by atoms with Crippen LogP contribution in [0.25, 0.3) is 0 Å². The van der Waals surface area contributed by atoms with Gasteiger partial charge in [0.15, 0.2) is 0 Å². The fourth-order valence-corrected chi connectivity index (χ4v) is 2.57. The predicted molar refractivity (Wildman–Crippen MR) is 75.7 cm³/mol. The molecule has 0 spiro atoms. The lowest BCUT2D eigenvalue weighted by molar-refractivity contribution is -0.132. The number of aliphatic hydroxyl groups excluding tert-OH is 1. The molecule has 1 aliphatic heterocycles. The van der Waals surface area contributed by atoms with Crippen LogP contribution in [0.1, 0.15) is 50.2 Å². The van der Waals surface area contributed by atoms with Crippen LogP contribution in [0.2, 0.25) is 0 Å². The first-order valence-corrected chi connectivity index (χ1v) is 7.28. The molecule has 3 heteroatoms. The van der Waals surface area contributed by atoms with E-state index in [9.17, 15) is 9.90 Å². The van der Waals surface area contributed by atoms with Gasteiger partial charge in [-0.3, -0.25) is 4.79 Å². The first-order valence-electron chi connectivity index (χ1n) is 7.28. The zero-order valence-corrected chi connectivity index (χ0v) is 11.4. The van der Waals surface area contributed by atoms with Crippen LogP contribution >= 0.6 is 0 Å². The van der Waals surface area contributed by atoms with Crippen molar-refractivity contribution in [1.29, 1.82) is 0 Å². The molecule has 1 aromatic rings. The van der Waals surface area contributed by atoms with Crippen LogP contribution in [-0.2, 0) is 4.79 Å². The number of carbonyl (C=O) groups is 1. The molecular weight excluding hydrogens is 238 g/mol. The number of rotatable bonds is 4. The van der Waals surface area contributed by atoms with Crippen molar-refractivity contribution in [2.24, 2.45) is 0 Å². The Balaban J connectivity index is 1.84. The van der Waals surface area contributed by atoms with Crippen molar-refractivity contribution in [2.75, 3.05) is 13.1 Å². The Morgan fingerprint density at radius 2 is 1.84 bits per heavy atom. The van der Waals surface area contributed by atoms with E-state index in [1.165, 1.54) is 12.8 Å². The maximum absolute atomic E-state index is 12.0. The number of benzene rings is 1. The van der Waals surface area contributed by atoms with Crippen LogP contribution in [-0.4, -0.2) is 29.0 Å². The Bertz CT molecular complexity index is 391. The summed E-state index contributed by atoms with van der Waals surface area (Å²) in [6.07, 6.45) is 5.30. The van der Waals surface area contributed by atoms with Gasteiger partial charge >= 0.3 is 0 Å². The van der Waals surface area contributed by atoms with Gasteiger partial charge in [0.1, 0.15) is 0 Å². The summed E-state index contributed by atoms with van der Waals surface area (Å²) in [5.41, 5.74) is 0.932. The third-order valence-electron chi connectivity index (χ3n) is 3.78. The Morgan fingerprint density at radius 1 is 1.11 bits per heavy atom. The average molecular weight is 261 g/mol. The zero-order valence-electron chi connectivity index (χ0n) is 11.4. The normalized spacial score (nSPS) is 18.8. The monoisotopic (exact) mass is 261 g/mol. The smallest absolute Gasteiger partial charge is 0.222 e. The summed E-state index contributed by atoms with van der Waals surface area (Å²) in [6, 6.07) is 9.66. The second kappa shape index (κ2) is 7.29. The van der Waals surface area contributed by atoms with E-state index in [2.05, 4.69) is 0 Å². The number of hydrogen-bond acceptors (Lipinski definition) is 2. The number of likely N-dealkylation sites (tertiary alicyclic amines) is 1. The lowest BCUT2D eigenvalue weighted by Gasteiger charge is -2.26. The quantitative estimate of drug-likeness (QED) is 0.905. The highest BCUT2D eigenvalue weighted by Crippen LogP contribution is 2.18. The van der Waals surface area contributed by atoms with E-state index in [-0.39, 0.29) is 5.91 Å². The molecule has 1 N–H and O–H groups in total. The van der Waals surface area contributed by atoms with Crippen LogP contribution in [0.4, 0.5) is 0 Å². The third kappa shape index (κ3) is 4.35. The Morgan fingerprint density at radius 3 is 2.63 bits per heavy atom. The fraction of sp³-hybridized carbons (Fsp3) is 0.562. The molecule has 1 saturated heterocycles. The highest BCUT2D eigenvalue weighted by atomic mass is 16.3. The lowest BCUT2D eigenvalue weighted by atomic mass is 10.0. The molecule has 3 nitrogen and oxygen atoms in total. The van der Waals surface area contributed by atoms with Crippen LogP contribution in [0.3, 0.4) is 0 Å². The van der Waals surface area contributed by atoms with Gasteiger partial charge in [-0.05, 0) is 24.8 Å². The number of hydrogen-bond donors (Lipinski definition) is 1. The van der Waals surface area contributed by atoms with Crippen molar-refractivity contribution in [3.63, 3.8) is 0 Å². The molecule has 1 amide bonds. The molecule has 1 heterocycles. The van der Waals surface area contributed by atoms with Crippen LogP contribution in [0.5, 0.6) is 0 Å². The molecule has 1 unspecified atom stereocenters. The summed E-state index contributed by atoms with van der Waals surface area (Å²) in [5.74, 6) is 0.250. The van der Waals surface area contributed by atoms with Gasteiger partial charge < -0.3 is 10.0 Å². The van der Waals surface area contributed by atoms with Gasteiger partial charge in [0.2, 0.25) is 5.91 Å². The molecule has 0 bridgehead atoms. The number of amides is 1. The first kappa shape index (κ1) is 14.1. The fourth-order valence-electron chi connectivity index (χ4n) is 2.57. The zero-order chi connectivity index (χ0) is 13.5. The maximum atomic E-state index is 12.0. The Hall–Kier alpha value is -1.35. The molecular formula is C16H23NO2. The van der Waals surface area contributed by atoms with Gasteiger partial charge in [-0.15, -0.1) is 0 Å². The van der Waals surface area contributed by atoms with Gasteiger partial charge in [0.05, 0.1) is 6.10 Å². The lowest BCUT2D eigenvalue weighted by Crippen LogP contribution is -2.34. The van der Waals surface area contributed by atoms with E-state index >= 15 is 0 Å². The summed E-state index contributed by atoms with van der Waals surface area (Å²) in [7, 11) is 0. The summed E-state index contributed by atoms with van der Waals surface area (Å²) in [5, 5.41) is 10.1. The molecule has 0 aromatic heterocycles. The standard InChI is InChI=1S/C16H23NO2/c18-15(14-8-4-3-5-9-14)11-13-17-12-7-2-1-6-10-16(17)19/h3-5,8-9,15,18H,1-2,6-7,10-13H2. The van der Waals surface area contributed by atoms with Crippen LogP contribution in [0, 0.1) is 0 Å². The van der Waals surface area contributed by atoms with Gasteiger partial charge in [-0.1, -0.05) is 43.2 Å². The number of carbonyl (C=O) groups excluding carboxylic acids is 1. The second-order valence-corrected chi connectivity index (χ2v) is 5.26. The summed E-state index contributed by atoms with van der Waals surface area (Å²) in [4.78, 5) is 13.9. The SMILES string of the molecule is O=C1CCCCCCN1CCC(O)c1ccccc1.